The number of hydrogen-bond acceptors (Lipinski definition) is 5. The van der Waals surface area contributed by atoms with Crippen molar-refractivity contribution < 1.29 is 9.26 Å². The fourth-order valence-corrected chi connectivity index (χ4v) is 3.12. The molecule has 1 aromatic heterocycles. The zero-order valence-electron chi connectivity index (χ0n) is 14.5. The van der Waals surface area contributed by atoms with E-state index in [0.29, 0.717) is 30.3 Å². The average molecular weight is 333 g/mol. The smallest absolute Gasteiger partial charge is 0.248 e. The van der Waals surface area contributed by atoms with Crippen LogP contribution in [0.15, 0.2) is 9.52 Å². The van der Waals surface area contributed by atoms with Gasteiger partial charge in [-0.05, 0) is 44.9 Å². The van der Waals surface area contributed by atoms with Gasteiger partial charge in [-0.25, -0.2) is 4.99 Å². The van der Waals surface area contributed by atoms with Gasteiger partial charge in [-0.1, -0.05) is 12.1 Å². The third-order valence-corrected chi connectivity index (χ3v) is 5.12. The molecular weight excluding hydrogens is 306 g/mol. The molecule has 0 amide bonds. The zero-order valence-corrected chi connectivity index (χ0v) is 14.5. The molecule has 3 fully saturated rings. The summed E-state index contributed by atoms with van der Waals surface area (Å²) in [5.74, 6) is 3.46. The van der Waals surface area contributed by atoms with Gasteiger partial charge in [-0.15, -0.1) is 0 Å². The van der Waals surface area contributed by atoms with Crippen molar-refractivity contribution in [2.24, 2.45) is 10.9 Å². The van der Waals surface area contributed by atoms with E-state index in [2.05, 4.69) is 39.6 Å². The molecule has 2 aliphatic carbocycles. The molecule has 2 N–H and O–H groups in total. The molecule has 0 spiro atoms. The van der Waals surface area contributed by atoms with E-state index in [1.165, 1.54) is 19.3 Å². The van der Waals surface area contributed by atoms with Crippen molar-refractivity contribution in [2.45, 2.75) is 76.6 Å². The van der Waals surface area contributed by atoms with Gasteiger partial charge < -0.3 is 19.9 Å². The number of nitrogens with one attached hydrogen (secondary N) is 2. The van der Waals surface area contributed by atoms with Crippen molar-refractivity contribution in [2.75, 3.05) is 6.61 Å². The summed E-state index contributed by atoms with van der Waals surface area (Å²) in [6.07, 6.45) is 6.06. The summed E-state index contributed by atoms with van der Waals surface area (Å²) in [5.41, 5.74) is 0. The number of rotatable bonds is 6. The number of hydrogen-bond donors (Lipinski definition) is 2. The summed E-state index contributed by atoms with van der Waals surface area (Å²) >= 11 is 0. The van der Waals surface area contributed by atoms with Crippen LogP contribution in [0.1, 0.15) is 63.6 Å². The first-order chi connectivity index (χ1) is 11.7. The predicted molar refractivity (Wildman–Crippen MR) is 89.7 cm³/mol. The molecule has 2 heterocycles. The third-order valence-electron chi connectivity index (χ3n) is 5.12. The van der Waals surface area contributed by atoms with Gasteiger partial charge in [0.2, 0.25) is 5.89 Å². The lowest BCUT2D eigenvalue weighted by atomic mass is 10.1. The summed E-state index contributed by atoms with van der Waals surface area (Å²) in [4.78, 5) is 9.10. The van der Waals surface area contributed by atoms with Gasteiger partial charge in [0.1, 0.15) is 6.54 Å². The summed E-state index contributed by atoms with van der Waals surface area (Å²) in [5, 5.41) is 11.0. The van der Waals surface area contributed by atoms with E-state index in [1.54, 1.807) is 0 Å². The van der Waals surface area contributed by atoms with E-state index >= 15 is 0 Å². The number of ether oxygens (including phenoxy) is 1. The molecule has 7 nitrogen and oxygen atoms in total. The van der Waals surface area contributed by atoms with Crippen LogP contribution in [0, 0.1) is 5.92 Å². The molecule has 0 radical (unpaired) electrons. The maximum Gasteiger partial charge on any atom is 0.248 e. The fourth-order valence-electron chi connectivity index (χ4n) is 3.12. The number of aliphatic imine (C=N–C) groups is 1. The third kappa shape index (κ3) is 3.88. The van der Waals surface area contributed by atoms with Crippen molar-refractivity contribution in [1.82, 2.24) is 20.8 Å². The lowest BCUT2D eigenvalue weighted by Crippen LogP contribution is -2.48. The minimum absolute atomic E-state index is 0.234. The number of aromatic nitrogens is 2. The molecule has 4 atom stereocenters. The van der Waals surface area contributed by atoms with E-state index in [-0.39, 0.29) is 12.1 Å². The maximum absolute atomic E-state index is 5.77. The largest absolute Gasteiger partial charge is 0.376 e. The summed E-state index contributed by atoms with van der Waals surface area (Å²) in [6.45, 7) is 5.68. The normalized spacial score (nSPS) is 31.1. The Balaban J connectivity index is 1.37. The molecule has 24 heavy (non-hydrogen) atoms. The van der Waals surface area contributed by atoms with Gasteiger partial charge in [-0.3, -0.25) is 0 Å². The lowest BCUT2D eigenvalue weighted by Gasteiger charge is -2.22. The molecule has 2 saturated carbocycles. The highest BCUT2D eigenvalue weighted by Gasteiger charge is 2.34. The Labute approximate surface area is 142 Å². The first-order valence-electron chi connectivity index (χ1n) is 9.20. The maximum atomic E-state index is 5.77. The highest BCUT2D eigenvalue weighted by molar-refractivity contribution is 5.80. The topological polar surface area (TPSA) is 84.6 Å². The van der Waals surface area contributed by atoms with E-state index in [1.807, 2.05) is 0 Å². The number of nitrogens with zero attached hydrogens (tertiary/aromatic N) is 3. The fraction of sp³-hybridized carbons (Fsp3) is 0.824. The first-order valence-corrected chi connectivity index (χ1v) is 9.20. The van der Waals surface area contributed by atoms with Crippen molar-refractivity contribution in [3.05, 3.63) is 11.7 Å². The molecule has 4 rings (SSSR count). The van der Waals surface area contributed by atoms with Crippen molar-refractivity contribution in [1.29, 1.82) is 0 Å². The van der Waals surface area contributed by atoms with Crippen LogP contribution in [-0.4, -0.2) is 40.9 Å². The van der Waals surface area contributed by atoms with Crippen LogP contribution in [0.2, 0.25) is 0 Å². The van der Waals surface area contributed by atoms with E-state index < -0.39 is 0 Å². The Kier molecular flexibility index (Phi) is 4.43. The minimum Gasteiger partial charge on any atom is -0.376 e. The molecule has 7 heteroatoms. The quantitative estimate of drug-likeness (QED) is 0.611. The second-order valence-electron chi connectivity index (χ2n) is 7.43. The van der Waals surface area contributed by atoms with E-state index in [4.69, 9.17) is 9.26 Å². The van der Waals surface area contributed by atoms with Gasteiger partial charge in [0, 0.05) is 18.6 Å². The lowest BCUT2D eigenvalue weighted by molar-refractivity contribution is 0.0890. The van der Waals surface area contributed by atoms with E-state index in [9.17, 15) is 0 Å². The molecule has 1 aromatic rings. The highest BCUT2D eigenvalue weighted by Crippen LogP contribution is 2.38. The molecule has 1 saturated heterocycles. The Morgan fingerprint density at radius 1 is 1.38 bits per heavy atom. The average Bonchev–Trinajstić information content (AvgIpc) is 3.40. The van der Waals surface area contributed by atoms with Crippen LogP contribution in [0.3, 0.4) is 0 Å². The molecule has 0 bridgehead atoms. The monoisotopic (exact) mass is 333 g/mol. The zero-order chi connectivity index (χ0) is 16.5. The van der Waals surface area contributed by atoms with Crippen molar-refractivity contribution in [3.63, 3.8) is 0 Å². The molecule has 132 valence electrons. The summed E-state index contributed by atoms with van der Waals surface area (Å²) < 4.78 is 11.1. The molecular formula is C17H27N5O2. The molecule has 1 aliphatic heterocycles. The van der Waals surface area contributed by atoms with Crippen LogP contribution < -0.4 is 10.6 Å². The Morgan fingerprint density at radius 2 is 2.21 bits per heavy atom. The second-order valence-corrected chi connectivity index (χ2v) is 7.43. The summed E-state index contributed by atoms with van der Waals surface area (Å²) in [7, 11) is 0. The van der Waals surface area contributed by atoms with Gasteiger partial charge >= 0.3 is 0 Å². The Bertz CT molecular complexity index is 592. The SMILES string of the molecule is CC1CC1NC(=NCc1nc(C2CC2)no1)NC(C)C1CCCO1. The number of guanidine groups is 1. The second kappa shape index (κ2) is 6.70. The molecule has 3 aliphatic rings. The molecule has 0 aromatic carbocycles. The van der Waals surface area contributed by atoms with Crippen LogP contribution >= 0.6 is 0 Å². The van der Waals surface area contributed by atoms with E-state index in [0.717, 1.165) is 31.2 Å². The van der Waals surface area contributed by atoms with Gasteiger partial charge in [0.05, 0.1) is 12.1 Å². The first kappa shape index (κ1) is 15.9. The standard InChI is InChI=1S/C17H27N5O2/c1-10-8-13(10)20-17(19-11(2)14-4-3-7-23-14)18-9-15-21-16(22-24-15)12-5-6-12/h10-14H,3-9H2,1-2H3,(H2,18,19,20). The van der Waals surface area contributed by atoms with Crippen LogP contribution in [0.4, 0.5) is 0 Å². The van der Waals surface area contributed by atoms with Gasteiger partial charge in [0.25, 0.3) is 0 Å². The van der Waals surface area contributed by atoms with Crippen LogP contribution in [0.25, 0.3) is 0 Å². The summed E-state index contributed by atoms with van der Waals surface area (Å²) in [6, 6.07) is 0.746. The van der Waals surface area contributed by atoms with Crippen molar-refractivity contribution in [3.8, 4) is 0 Å². The van der Waals surface area contributed by atoms with Gasteiger partial charge in [-0.2, -0.15) is 4.98 Å². The highest BCUT2D eigenvalue weighted by atomic mass is 16.5. The minimum atomic E-state index is 0.234. The predicted octanol–water partition coefficient (Wildman–Crippen LogP) is 1.96. The molecule has 4 unspecified atom stereocenters. The Hall–Kier alpha value is -1.63. The Morgan fingerprint density at radius 3 is 2.88 bits per heavy atom. The van der Waals surface area contributed by atoms with Crippen LogP contribution in [-0.2, 0) is 11.3 Å². The van der Waals surface area contributed by atoms with Crippen LogP contribution in [0.5, 0.6) is 0 Å². The van der Waals surface area contributed by atoms with Crippen molar-refractivity contribution >= 4 is 5.96 Å². The van der Waals surface area contributed by atoms with Gasteiger partial charge in [0.15, 0.2) is 11.8 Å².